The lowest BCUT2D eigenvalue weighted by Gasteiger charge is -2.04. The number of thiazole rings is 1. The van der Waals surface area contributed by atoms with E-state index in [4.69, 9.17) is 16.3 Å². The van der Waals surface area contributed by atoms with Crippen LogP contribution in [0.15, 0.2) is 59.5 Å². The van der Waals surface area contributed by atoms with Crippen LogP contribution in [0.3, 0.4) is 0 Å². The van der Waals surface area contributed by atoms with E-state index in [2.05, 4.69) is 9.71 Å². The quantitative estimate of drug-likeness (QED) is 0.593. The summed E-state index contributed by atoms with van der Waals surface area (Å²) < 4.78 is 32.6. The number of anilines is 1. The molecule has 0 radical (unpaired) electrons. The Kier molecular flexibility index (Phi) is 5.79. The van der Waals surface area contributed by atoms with Gasteiger partial charge in [0.25, 0.3) is 10.0 Å². The number of nitrogens with one attached hydrogen (secondary N) is 1. The summed E-state index contributed by atoms with van der Waals surface area (Å²) in [7, 11) is -3.87. The van der Waals surface area contributed by atoms with Gasteiger partial charge in [-0.2, -0.15) is 0 Å². The standard InChI is InChI=1S/C18H15ClN2O4S2/c1-2-25-17(22)16-15(12-6-4-3-5-7-12)20-18(26-16)21-27(23,24)14-10-8-13(19)9-11-14/h3-11H,2H2,1H3,(H,20,21). The molecule has 3 aromatic rings. The molecule has 1 N–H and O–H groups in total. The fourth-order valence-electron chi connectivity index (χ4n) is 2.28. The number of hydrogen-bond acceptors (Lipinski definition) is 6. The van der Waals surface area contributed by atoms with E-state index in [9.17, 15) is 13.2 Å². The van der Waals surface area contributed by atoms with Crippen LogP contribution in [0.1, 0.15) is 16.6 Å². The second-order valence-electron chi connectivity index (χ2n) is 5.34. The van der Waals surface area contributed by atoms with Crippen molar-refractivity contribution < 1.29 is 17.9 Å². The molecule has 0 aliphatic heterocycles. The molecule has 2 aromatic carbocycles. The van der Waals surface area contributed by atoms with Crippen molar-refractivity contribution >= 4 is 44.1 Å². The Hall–Kier alpha value is -2.42. The van der Waals surface area contributed by atoms with Crippen LogP contribution in [0.5, 0.6) is 0 Å². The second-order valence-corrected chi connectivity index (χ2v) is 8.46. The van der Waals surface area contributed by atoms with Gasteiger partial charge in [-0.15, -0.1) is 0 Å². The molecule has 0 aliphatic carbocycles. The van der Waals surface area contributed by atoms with Crippen LogP contribution >= 0.6 is 22.9 Å². The van der Waals surface area contributed by atoms with Crippen molar-refractivity contribution in [3.05, 3.63) is 64.5 Å². The third-order valence-corrected chi connectivity index (χ3v) is 6.17. The zero-order valence-electron chi connectivity index (χ0n) is 14.2. The molecule has 0 atom stereocenters. The first-order valence-electron chi connectivity index (χ1n) is 7.92. The number of esters is 1. The Balaban J connectivity index is 1.99. The van der Waals surface area contributed by atoms with E-state index in [0.29, 0.717) is 16.3 Å². The topological polar surface area (TPSA) is 85.4 Å². The van der Waals surface area contributed by atoms with Gasteiger partial charge in [-0.05, 0) is 31.2 Å². The predicted molar refractivity (Wildman–Crippen MR) is 106 cm³/mol. The van der Waals surface area contributed by atoms with E-state index in [-0.39, 0.29) is 21.5 Å². The molecule has 0 spiro atoms. The van der Waals surface area contributed by atoms with Crippen LogP contribution in [-0.4, -0.2) is 26.0 Å². The van der Waals surface area contributed by atoms with Crippen molar-refractivity contribution in [3.8, 4) is 11.3 Å². The minimum absolute atomic E-state index is 0.0426. The Morgan fingerprint density at radius 3 is 2.44 bits per heavy atom. The summed E-state index contributed by atoms with van der Waals surface area (Å²) in [5.41, 5.74) is 1.06. The molecule has 1 aromatic heterocycles. The Bertz CT molecular complexity index is 1050. The van der Waals surface area contributed by atoms with Gasteiger partial charge in [0, 0.05) is 10.6 Å². The normalized spacial score (nSPS) is 11.2. The molecule has 3 rings (SSSR count). The summed E-state index contributed by atoms with van der Waals surface area (Å²) in [5.74, 6) is -0.550. The summed E-state index contributed by atoms with van der Waals surface area (Å²) in [6, 6.07) is 14.8. The first kappa shape index (κ1) is 19.3. The molecule has 0 fully saturated rings. The predicted octanol–water partition coefficient (Wildman–Crippen LogP) is 4.44. The average molecular weight is 423 g/mol. The van der Waals surface area contributed by atoms with Gasteiger partial charge in [0.05, 0.1) is 17.2 Å². The summed E-state index contributed by atoms with van der Waals surface area (Å²) in [6.45, 7) is 1.90. The van der Waals surface area contributed by atoms with Crippen LogP contribution in [0.4, 0.5) is 5.13 Å². The third-order valence-electron chi connectivity index (χ3n) is 3.48. The number of carbonyl (C=O) groups excluding carboxylic acids is 1. The summed E-state index contributed by atoms with van der Waals surface area (Å²) in [6.07, 6.45) is 0. The maximum absolute atomic E-state index is 12.6. The Labute approximate surface area is 165 Å². The Morgan fingerprint density at radius 2 is 1.81 bits per heavy atom. The zero-order chi connectivity index (χ0) is 19.4. The molecule has 0 saturated carbocycles. The molecular weight excluding hydrogens is 408 g/mol. The van der Waals surface area contributed by atoms with Gasteiger partial charge in [0.2, 0.25) is 0 Å². The van der Waals surface area contributed by atoms with Crippen molar-refractivity contribution in [1.29, 1.82) is 0 Å². The van der Waals surface area contributed by atoms with Gasteiger partial charge in [0.1, 0.15) is 4.88 Å². The Morgan fingerprint density at radius 1 is 1.15 bits per heavy atom. The van der Waals surface area contributed by atoms with Gasteiger partial charge in [0.15, 0.2) is 5.13 Å². The molecule has 9 heteroatoms. The zero-order valence-corrected chi connectivity index (χ0v) is 16.6. The fourth-order valence-corrected chi connectivity index (χ4v) is 4.52. The number of rotatable bonds is 6. The molecule has 140 valence electrons. The lowest BCUT2D eigenvalue weighted by molar-refractivity contribution is 0.0532. The van der Waals surface area contributed by atoms with Crippen molar-refractivity contribution in [1.82, 2.24) is 4.98 Å². The molecule has 0 bridgehead atoms. The highest BCUT2D eigenvalue weighted by Gasteiger charge is 2.23. The van der Waals surface area contributed by atoms with Crippen molar-refractivity contribution in [2.45, 2.75) is 11.8 Å². The number of ether oxygens (including phenoxy) is 1. The van der Waals surface area contributed by atoms with E-state index in [1.54, 1.807) is 31.2 Å². The number of aromatic nitrogens is 1. The van der Waals surface area contributed by atoms with Crippen molar-refractivity contribution in [2.75, 3.05) is 11.3 Å². The number of halogens is 1. The maximum atomic E-state index is 12.6. The van der Waals surface area contributed by atoms with Crippen LogP contribution in [0, 0.1) is 0 Å². The molecule has 0 amide bonds. The van der Waals surface area contributed by atoms with E-state index < -0.39 is 16.0 Å². The largest absolute Gasteiger partial charge is 0.462 e. The molecule has 0 unspecified atom stereocenters. The van der Waals surface area contributed by atoms with Gasteiger partial charge in [-0.3, -0.25) is 4.72 Å². The highest BCUT2D eigenvalue weighted by Crippen LogP contribution is 2.33. The van der Waals surface area contributed by atoms with E-state index in [0.717, 1.165) is 11.3 Å². The maximum Gasteiger partial charge on any atom is 0.350 e. The van der Waals surface area contributed by atoms with E-state index in [1.807, 2.05) is 6.07 Å². The number of sulfonamides is 1. The van der Waals surface area contributed by atoms with Crippen LogP contribution < -0.4 is 4.72 Å². The monoisotopic (exact) mass is 422 g/mol. The first-order valence-corrected chi connectivity index (χ1v) is 10.6. The average Bonchev–Trinajstić information content (AvgIpc) is 3.06. The number of carbonyl (C=O) groups is 1. The lowest BCUT2D eigenvalue weighted by Crippen LogP contribution is -2.12. The van der Waals surface area contributed by atoms with Crippen LogP contribution in [-0.2, 0) is 14.8 Å². The number of nitrogens with zero attached hydrogens (tertiary/aromatic N) is 1. The van der Waals surface area contributed by atoms with Gasteiger partial charge < -0.3 is 4.74 Å². The minimum Gasteiger partial charge on any atom is -0.462 e. The summed E-state index contributed by atoms with van der Waals surface area (Å²) in [5, 5.41) is 0.506. The molecule has 0 saturated heterocycles. The molecular formula is C18H15ClN2O4S2. The SMILES string of the molecule is CCOC(=O)c1sc(NS(=O)(=O)c2ccc(Cl)cc2)nc1-c1ccccc1. The van der Waals surface area contributed by atoms with Gasteiger partial charge in [-0.1, -0.05) is 53.3 Å². The van der Waals surface area contributed by atoms with E-state index in [1.165, 1.54) is 24.3 Å². The van der Waals surface area contributed by atoms with E-state index >= 15 is 0 Å². The molecule has 0 aliphatic rings. The molecule has 1 heterocycles. The fraction of sp³-hybridized carbons (Fsp3) is 0.111. The summed E-state index contributed by atoms with van der Waals surface area (Å²) in [4.78, 5) is 16.9. The minimum atomic E-state index is -3.87. The number of benzene rings is 2. The van der Waals surface area contributed by atoms with Crippen LogP contribution in [0.25, 0.3) is 11.3 Å². The highest BCUT2D eigenvalue weighted by atomic mass is 35.5. The smallest absolute Gasteiger partial charge is 0.350 e. The summed E-state index contributed by atoms with van der Waals surface area (Å²) >= 11 is 6.73. The molecule has 27 heavy (non-hydrogen) atoms. The number of hydrogen-bond donors (Lipinski definition) is 1. The highest BCUT2D eigenvalue weighted by molar-refractivity contribution is 7.93. The first-order chi connectivity index (χ1) is 12.9. The lowest BCUT2D eigenvalue weighted by atomic mass is 10.1. The van der Waals surface area contributed by atoms with Gasteiger partial charge in [-0.25, -0.2) is 18.2 Å². The van der Waals surface area contributed by atoms with Crippen molar-refractivity contribution in [3.63, 3.8) is 0 Å². The second kappa shape index (κ2) is 8.08. The third kappa shape index (κ3) is 4.47. The van der Waals surface area contributed by atoms with Crippen molar-refractivity contribution in [2.24, 2.45) is 0 Å². The van der Waals surface area contributed by atoms with Gasteiger partial charge >= 0.3 is 5.97 Å². The molecule has 6 nitrogen and oxygen atoms in total. The van der Waals surface area contributed by atoms with Crippen LogP contribution in [0.2, 0.25) is 5.02 Å².